The molecule has 0 unspecified atom stereocenters. The molecule has 6 nitrogen and oxygen atoms in total. The van der Waals surface area contributed by atoms with Crippen molar-refractivity contribution in [3.05, 3.63) is 0 Å². The summed E-state index contributed by atoms with van der Waals surface area (Å²) in [4.78, 5) is 36.4. The third kappa shape index (κ3) is 4.36. The Labute approximate surface area is 130 Å². The Balaban J connectivity index is 2.78. The largest absolute Gasteiger partial charge is 0.467 e. The van der Waals surface area contributed by atoms with Crippen molar-refractivity contribution in [2.45, 2.75) is 51.1 Å². The zero-order chi connectivity index (χ0) is 16.2. The Kier molecular flexibility index (Phi) is 6.07. The molecule has 2 amide bonds. The van der Waals surface area contributed by atoms with Gasteiger partial charge in [0.1, 0.15) is 12.1 Å². The third-order valence-electron chi connectivity index (χ3n) is 3.48. The second kappa shape index (κ2) is 7.15. The van der Waals surface area contributed by atoms with E-state index in [9.17, 15) is 14.4 Å². The summed E-state index contributed by atoms with van der Waals surface area (Å²) in [5, 5.41) is 2.72. The lowest BCUT2D eigenvalue weighted by Crippen LogP contribution is -2.53. The molecule has 0 spiro atoms. The van der Waals surface area contributed by atoms with Gasteiger partial charge in [0.25, 0.3) is 0 Å². The van der Waals surface area contributed by atoms with Crippen molar-refractivity contribution in [1.29, 1.82) is 0 Å². The van der Waals surface area contributed by atoms with Crippen molar-refractivity contribution < 1.29 is 19.1 Å². The molecule has 0 aliphatic carbocycles. The normalized spacial score (nSPS) is 22.0. The van der Waals surface area contributed by atoms with E-state index in [4.69, 9.17) is 4.74 Å². The molecule has 21 heavy (non-hydrogen) atoms. The van der Waals surface area contributed by atoms with Crippen LogP contribution < -0.4 is 5.32 Å². The quantitative estimate of drug-likeness (QED) is 0.584. The van der Waals surface area contributed by atoms with Crippen LogP contribution >= 0.6 is 11.8 Å². The first-order valence-corrected chi connectivity index (χ1v) is 7.97. The van der Waals surface area contributed by atoms with E-state index in [1.54, 1.807) is 11.8 Å². The van der Waals surface area contributed by atoms with E-state index in [2.05, 4.69) is 5.32 Å². The summed E-state index contributed by atoms with van der Waals surface area (Å²) < 4.78 is 4.73. The van der Waals surface area contributed by atoms with Gasteiger partial charge in [-0.15, -0.1) is 11.8 Å². The number of ether oxygens (including phenoxy) is 1. The lowest BCUT2D eigenvalue weighted by molar-refractivity contribution is -0.146. The summed E-state index contributed by atoms with van der Waals surface area (Å²) in [6.07, 6.45) is 1.20. The lowest BCUT2D eigenvalue weighted by atomic mass is 10.0. The zero-order valence-corrected chi connectivity index (χ0v) is 14.0. The molecule has 2 atom stereocenters. The molecule has 0 aromatic heterocycles. The number of esters is 1. The van der Waals surface area contributed by atoms with Crippen LogP contribution in [-0.2, 0) is 19.1 Å². The summed E-state index contributed by atoms with van der Waals surface area (Å²) in [6.45, 7) is 7.72. The number of nitrogens with one attached hydrogen (secondary N) is 1. The highest BCUT2D eigenvalue weighted by Gasteiger charge is 2.43. The topological polar surface area (TPSA) is 75.7 Å². The van der Waals surface area contributed by atoms with Crippen LogP contribution in [0.3, 0.4) is 0 Å². The van der Waals surface area contributed by atoms with Crippen LogP contribution in [0.1, 0.15) is 34.1 Å². The molecule has 120 valence electrons. The molecule has 1 rings (SSSR count). The SMILES string of the molecule is COC(=O)[C@H](CC(C)C)NC(=O)[C@H]1CSC(C)(C)N1C=O. The van der Waals surface area contributed by atoms with Gasteiger partial charge in [0.05, 0.1) is 12.0 Å². The summed E-state index contributed by atoms with van der Waals surface area (Å²) in [5.41, 5.74) is 0. The predicted octanol–water partition coefficient (Wildman–Crippen LogP) is 1.00. The Morgan fingerprint density at radius 3 is 2.57 bits per heavy atom. The minimum Gasteiger partial charge on any atom is -0.467 e. The van der Waals surface area contributed by atoms with Crippen LogP contribution in [0.4, 0.5) is 0 Å². The minimum absolute atomic E-state index is 0.242. The van der Waals surface area contributed by atoms with Gasteiger partial charge in [0.15, 0.2) is 0 Å². The maximum Gasteiger partial charge on any atom is 0.328 e. The Morgan fingerprint density at radius 2 is 2.10 bits per heavy atom. The van der Waals surface area contributed by atoms with Crippen LogP contribution in [0, 0.1) is 5.92 Å². The number of rotatable bonds is 6. The van der Waals surface area contributed by atoms with Crippen molar-refractivity contribution in [3.63, 3.8) is 0 Å². The standard InChI is InChI=1S/C14H24N2O4S/c1-9(2)6-10(13(19)20-5)15-12(18)11-7-21-14(3,4)16(11)8-17/h8-11H,6-7H2,1-5H3,(H,15,18)/t10-,11+/m0/s1. The highest BCUT2D eigenvalue weighted by molar-refractivity contribution is 8.00. The molecule has 0 radical (unpaired) electrons. The van der Waals surface area contributed by atoms with Gasteiger partial charge < -0.3 is 15.0 Å². The predicted molar refractivity (Wildman–Crippen MR) is 81.6 cm³/mol. The number of carbonyl (C=O) groups is 3. The maximum atomic E-state index is 12.4. The van der Waals surface area contributed by atoms with Gasteiger partial charge in [-0.1, -0.05) is 13.8 Å². The van der Waals surface area contributed by atoms with Crippen molar-refractivity contribution in [3.8, 4) is 0 Å². The molecule has 7 heteroatoms. The Morgan fingerprint density at radius 1 is 1.48 bits per heavy atom. The molecule has 1 saturated heterocycles. The fourth-order valence-corrected chi connectivity index (χ4v) is 3.51. The molecule has 0 saturated carbocycles. The molecular formula is C14H24N2O4S. The highest BCUT2D eigenvalue weighted by atomic mass is 32.2. The molecule has 0 aromatic rings. The van der Waals surface area contributed by atoms with E-state index in [1.165, 1.54) is 12.0 Å². The van der Waals surface area contributed by atoms with Crippen LogP contribution in [0.5, 0.6) is 0 Å². The maximum absolute atomic E-state index is 12.4. The van der Waals surface area contributed by atoms with E-state index in [0.717, 1.165) is 0 Å². The second-order valence-corrected chi connectivity index (χ2v) is 7.62. The van der Waals surface area contributed by atoms with Gasteiger partial charge in [-0.05, 0) is 26.2 Å². The van der Waals surface area contributed by atoms with Crippen molar-refractivity contribution in [2.24, 2.45) is 5.92 Å². The number of carbonyl (C=O) groups excluding carboxylic acids is 3. The fraction of sp³-hybridized carbons (Fsp3) is 0.786. The van der Waals surface area contributed by atoms with Gasteiger partial charge in [-0.3, -0.25) is 9.59 Å². The average Bonchev–Trinajstić information content (AvgIpc) is 2.71. The third-order valence-corrected chi connectivity index (χ3v) is 4.88. The van der Waals surface area contributed by atoms with Crippen molar-refractivity contribution >= 4 is 30.0 Å². The number of thioether (sulfide) groups is 1. The summed E-state index contributed by atoms with van der Waals surface area (Å²) in [7, 11) is 1.30. The monoisotopic (exact) mass is 316 g/mol. The van der Waals surface area contributed by atoms with Crippen LogP contribution in [0.2, 0.25) is 0 Å². The van der Waals surface area contributed by atoms with E-state index in [1.807, 2.05) is 27.7 Å². The first-order chi connectivity index (χ1) is 9.72. The zero-order valence-electron chi connectivity index (χ0n) is 13.2. The molecule has 1 heterocycles. The number of hydrogen-bond acceptors (Lipinski definition) is 5. The number of hydrogen-bond donors (Lipinski definition) is 1. The molecule has 1 aliphatic heterocycles. The molecule has 1 aliphatic rings. The number of methoxy groups -OCH3 is 1. The van der Waals surface area contributed by atoms with E-state index in [0.29, 0.717) is 18.6 Å². The van der Waals surface area contributed by atoms with Gasteiger partial charge in [-0.25, -0.2) is 4.79 Å². The first kappa shape index (κ1) is 17.8. The van der Waals surface area contributed by atoms with Gasteiger partial charge >= 0.3 is 5.97 Å². The van der Waals surface area contributed by atoms with E-state index >= 15 is 0 Å². The van der Waals surface area contributed by atoms with Gasteiger partial charge in [0.2, 0.25) is 12.3 Å². The minimum atomic E-state index is -0.676. The van der Waals surface area contributed by atoms with Crippen LogP contribution in [0.25, 0.3) is 0 Å². The smallest absolute Gasteiger partial charge is 0.328 e. The summed E-state index contributed by atoms with van der Waals surface area (Å²) in [5.74, 6) is -0.00513. The van der Waals surface area contributed by atoms with Gasteiger partial charge in [-0.2, -0.15) is 0 Å². The highest BCUT2D eigenvalue weighted by Crippen LogP contribution is 2.37. The summed E-state index contributed by atoms with van der Waals surface area (Å²) in [6, 6.07) is -1.23. The van der Waals surface area contributed by atoms with Crippen LogP contribution in [0.15, 0.2) is 0 Å². The average molecular weight is 316 g/mol. The number of amides is 2. The molecule has 0 aromatic carbocycles. The molecule has 1 fully saturated rings. The summed E-state index contributed by atoms with van der Waals surface area (Å²) >= 11 is 1.54. The molecular weight excluding hydrogens is 292 g/mol. The second-order valence-electron chi connectivity index (χ2n) is 6.00. The number of nitrogens with zero attached hydrogens (tertiary/aromatic N) is 1. The van der Waals surface area contributed by atoms with E-state index < -0.39 is 22.9 Å². The Bertz CT molecular complexity index is 412. The fourth-order valence-electron chi connectivity index (χ4n) is 2.31. The first-order valence-electron chi connectivity index (χ1n) is 6.98. The van der Waals surface area contributed by atoms with Crippen molar-refractivity contribution in [2.75, 3.05) is 12.9 Å². The molecule has 1 N–H and O–H groups in total. The van der Waals surface area contributed by atoms with Crippen molar-refractivity contribution in [1.82, 2.24) is 10.2 Å². The van der Waals surface area contributed by atoms with Crippen LogP contribution in [-0.4, -0.2) is 53.0 Å². The lowest BCUT2D eigenvalue weighted by Gasteiger charge is -2.31. The van der Waals surface area contributed by atoms with E-state index in [-0.39, 0.29) is 11.8 Å². The molecule has 0 bridgehead atoms. The Hall–Kier alpha value is -1.24. The van der Waals surface area contributed by atoms with Gasteiger partial charge in [0, 0.05) is 5.75 Å².